The largest absolute Gasteiger partial charge is 0.465 e. The Labute approximate surface area is 96.1 Å². The van der Waals surface area contributed by atoms with E-state index in [1.807, 2.05) is 4.90 Å². The molecular weight excluding hydrogens is 208 g/mol. The van der Waals surface area contributed by atoms with Crippen LogP contribution >= 0.6 is 0 Å². The molecule has 1 aliphatic heterocycles. The van der Waals surface area contributed by atoms with Crippen LogP contribution < -0.4 is 5.32 Å². The monoisotopic (exact) mass is 228 g/mol. The molecule has 1 aliphatic rings. The lowest BCUT2D eigenvalue weighted by Gasteiger charge is -2.26. The fraction of sp³-hybridized carbons (Fsp3) is 0.818. The van der Waals surface area contributed by atoms with Crippen LogP contribution in [0.25, 0.3) is 0 Å². The van der Waals surface area contributed by atoms with E-state index in [-0.39, 0.29) is 18.4 Å². The Hall–Kier alpha value is -1.10. The molecular formula is C11H20N2O3. The molecule has 0 spiro atoms. The minimum atomic E-state index is -0.243. The number of amides is 1. The Morgan fingerprint density at radius 2 is 2.31 bits per heavy atom. The van der Waals surface area contributed by atoms with Gasteiger partial charge in [-0.3, -0.25) is 9.59 Å². The Bertz CT molecular complexity index is 243. The third-order valence-corrected chi connectivity index (χ3v) is 2.58. The van der Waals surface area contributed by atoms with Gasteiger partial charge in [0.25, 0.3) is 0 Å². The molecule has 0 aromatic carbocycles. The molecule has 0 unspecified atom stereocenters. The Kier molecular flexibility index (Phi) is 5.85. The summed E-state index contributed by atoms with van der Waals surface area (Å²) in [6.45, 7) is 2.18. The predicted octanol–water partition coefficient (Wildman–Crippen LogP) is 0.152. The lowest BCUT2D eigenvalue weighted by molar-refractivity contribution is -0.142. The van der Waals surface area contributed by atoms with E-state index in [0.717, 1.165) is 25.8 Å². The van der Waals surface area contributed by atoms with E-state index in [9.17, 15) is 9.59 Å². The van der Waals surface area contributed by atoms with Gasteiger partial charge in [-0.05, 0) is 26.3 Å². The van der Waals surface area contributed by atoms with Crippen LogP contribution in [0.15, 0.2) is 0 Å². The maximum absolute atomic E-state index is 11.4. The maximum atomic E-state index is 11.4. The van der Waals surface area contributed by atoms with E-state index < -0.39 is 0 Å². The first-order valence-corrected chi connectivity index (χ1v) is 5.82. The van der Waals surface area contributed by atoms with Crippen molar-refractivity contribution in [2.75, 3.05) is 33.3 Å². The smallest absolute Gasteiger partial charge is 0.319 e. The number of hydrogen-bond donors (Lipinski definition) is 1. The van der Waals surface area contributed by atoms with Crippen molar-refractivity contribution in [3.05, 3.63) is 0 Å². The molecule has 0 radical (unpaired) electrons. The molecule has 0 saturated carbocycles. The SMILES string of the molecule is CNCC(=O)OCCCN1CCCCC1=O. The standard InChI is InChI=1S/C11H20N2O3/c1-12-9-11(15)16-8-4-7-13-6-3-2-5-10(13)14/h12H,2-9H2,1H3. The molecule has 5 nitrogen and oxygen atoms in total. The third kappa shape index (κ3) is 4.61. The number of nitrogens with one attached hydrogen (secondary N) is 1. The molecule has 1 rings (SSSR count). The van der Waals surface area contributed by atoms with Crippen molar-refractivity contribution in [2.45, 2.75) is 25.7 Å². The van der Waals surface area contributed by atoms with Crippen molar-refractivity contribution in [1.29, 1.82) is 0 Å². The minimum Gasteiger partial charge on any atom is -0.465 e. The first-order chi connectivity index (χ1) is 7.74. The Morgan fingerprint density at radius 3 is 3.00 bits per heavy atom. The van der Waals surface area contributed by atoms with Crippen molar-refractivity contribution in [2.24, 2.45) is 0 Å². The van der Waals surface area contributed by atoms with Crippen molar-refractivity contribution in [3.8, 4) is 0 Å². The van der Waals surface area contributed by atoms with Crippen LogP contribution in [0, 0.1) is 0 Å². The molecule has 1 amide bonds. The first-order valence-electron chi connectivity index (χ1n) is 5.82. The molecule has 0 bridgehead atoms. The minimum absolute atomic E-state index is 0.229. The normalized spacial score (nSPS) is 16.3. The highest BCUT2D eigenvalue weighted by Crippen LogP contribution is 2.10. The second-order valence-electron chi connectivity index (χ2n) is 3.94. The average molecular weight is 228 g/mol. The Morgan fingerprint density at radius 1 is 1.50 bits per heavy atom. The van der Waals surface area contributed by atoms with Gasteiger partial charge in [0.15, 0.2) is 0 Å². The van der Waals surface area contributed by atoms with Gasteiger partial charge in [0, 0.05) is 19.5 Å². The third-order valence-electron chi connectivity index (χ3n) is 2.58. The quantitative estimate of drug-likeness (QED) is 0.519. The van der Waals surface area contributed by atoms with Crippen LogP contribution in [-0.4, -0.2) is 50.1 Å². The van der Waals surface area contributed by atoms with E-state index >= 15 is 0 Å². The van der Waals surface area contributed by atoms with Gasteiger partial charge in [-0.15, -0.1) is 0 Å². The van der Waals surface area contributed by atoms with Gasteiger partial charge in [-0.25, -0.2) is 0 Å². The number of nitrogens with zero attached hydrogens (tertiary/aromatic N) is 1. The maximum Gasteiger partial charge on any atom is 0.319 e. The summed E-state index contributed by atoms with van der Waals surface area (Å²) in [4.78, 5) is 24.3. The van der Waals surface area contributed by atoms with Crippen molar-refractivity contribution >= 4 is 11.9 Å². The van der Waals surface area contributed by atoms with Crippen LogP contribution in [0.2, 0.25) is 0 Å². The molecule has 1 fully saturated rings. The number of piperidine rings is 1. The molecule has 1 N–H and O–H groups in total. The van der Waals surface area contributed by atoms with Crippen LogP contribution in [0.5, 0.6) is 0 Å². The van der Waals surface area contributed by atoms with Crippen LogP contribution in [0.4, 0.5) is 0 Å². The van der Waals surface area contributed by atoms with E-state index in [4.69, 9.17) is 4.74 Å². The molecule has 92 valence electrons. The summed E-state index contributed by atoms with van der Waals surface area (Å²) < 4.78 is 4.97. The number of carbonyl (C=O) groups is 2. The van der Waals surface area contributed by atoms with Gasteiger partial charge < -0.3 is 15.0 Å². The van der Waals surface area contributed by atoms with E-state index in [1.165, 1.54) is 0 Å². The zero-order valence-corrected chi connectivity index (χ0v) is 9.83. The summed E-state index contributed by atoms with van der Waals surface area (Å²) in [6.07, 6.45) is 3.48. The van der Waals surface area contributed by atoms with E-state index in [1.54, 1.807) is 7.05 Å². The second-order valence-corrected chi connectivity index (χ2v) is 3.94. The van der Waals surface area contributed by atoms with Gasteiger partial charge in [0.05, 0.1) is 13.2 Å². The number of rotatable bonds is 6. The number of esters is 1. The van der Waals surface area contributed by atoms with E-state index in [2.05, 4.69) is 5.32 Å². The number of carbonyl (C=O) groups excluding carboxylic acids is 2. The van der Waals surface area contributed by atoms with Crippen LogP contribution in [0.3, 0.4) is 0 Å². The van der Waals surface area contributed by atoms with Gasteiger partial charge in [0.2, 0.25) is 5.91 Å². The number of ether oxygens (including phenoxy) is 1. The van der Waals surface area contributed by atoms with Gasteiger partial charge in [0.1, 0.15) is 0 Å². The highest BCUT2D eigenvalue weighted by molar-refractivity contribution is 5.76. The Balaban J connectivity index is 2.06. The highest BCUT2D eigenvalue weighted by Gasteiger charge is 2.17. The summed E-state index contributed by atoms with van der Waals surface area (Å²) in [6, 6.07) is 0. The summed E-state index contributed by atoms with van der Waals surface area (Å²) in [5.74, 6) is -0.0136. The molecule has 16 heavy (non-hydrogen) atoms. The zero-order chi connectivity index (χ0) is 11.8. The van der Waals surface area contributed by atoms with Crippen LogP contribution in [-0.2, 0) is 14.3 Å². The molecule has 5 heteroatoms. The number of hydrogen-bond acceptors (Lipinski definition) is 4. The average Bonchev–Trinajstić information content (AvgIpc) is 2.27. The van der Waals surface area contributed by atoms with Crippen LogP contribution in [0.1, 0.15) is 25.7 Å². The summed E-state index contributed by atoms with van der Waals surface area (Å²) in [5.41, 5.74) is 0. The summed E-state index contributed by atoms with van der Waals surface area (Å²) in [5, 5.41) is 2.73. The van der Waals surface area contributed by atoms with Gasteiger partial charge in [-0.1, -0.05) is 0 Å². The predicted molar refractivity (Wildman–Crippen MR) is 59.9 cm³/mol. The lowest BCUT2D eigenvalue weighted by Crippen LogP contribution is -2.36. The molecule has 1 saturated heterocycles. The number of likely N-dealkylation sites (tertiary alicyclic amines) is 1. The number of likely N-dealkylation sites (N-methyl/N-ethyl adjacent to an activating group) is 1. The highest BCUT2D eigenvalue weighted by atomic mass is 16.5. The molecule has 1 heterocycles. The lowest BCUT2D eigenvalue weighted by atomic mass is 10.1. The van der Waals surface area contributed by atoms with Gasteiger partial charge >= 0.3 is 5.97 Å². The second kappa shape index (κ2) is 7.22. The summed E-state index contributed by atoms with van der Waals surface area (Å²) >= 11 is 0. The van der Waals surface area contributed by atoms with Crippen molar-refractivity contribution in [1.82, 2.24) is 10.2 Å². The van der Waals surface area contributed by atoms with Crippen molar-refractivity contribution < 1.29 is 14.3 Å². The molecule has 0 aromatic heterocycles. The summed E-state index contributed by atoms with van der Waals surface area (Å²) in [7, 11) is 1.70. The fourth-order valence-corrected chi connectivity index (χ4v) is 1.73. The van der Waals surface area contributed by atoms with Gasteiger partial charge in [-0.2, -0.15) is 0 Å². The fourth-order valence-electron chi connectivity index (χ4n) is 1.73. The molecule has 0 atom stereocenters. The first kappa shape index (κ1) is 13.0. The zero-order valence-electron chi connectivity index (χ0n) is 9.83. The molecule has 0 aliphatic carbocycles. The van der Waals surface area contributed by atoms with E-state index in [0.29, 0.717) is 19.6 Å². The molecule has 0 aromatic rings. The van der Waals surface area contributed by atoms with Crippen molar-refractivity contribution in [3.63, 3.8) is 0 Å². The topological polar surface area (TPSA) is 58.6 Å².